The second kappa shape index (κ2) is 3.55. The van der Waals surface area contributed by atoms with E-state index in [1.807, 2.05) is 12.1 Å². The fourth-order valence-corrected chi connectivity index (χ4v) is 3.50. The van der Waals surface area contributed by atoms with Gasteiger partial charge in [-0.1, -0.05) is 42.5 Å². The number of hydrogen-bond donors (Lipinski definition) is 0. The van der Waals surface area contributed by atoms with Crippen molar-refractivity contribution in [1.29, 1.82) is 0 Å². The van der Waals surface area contributed by atoms with E-state index in [0.717, 1.165) is 18.4 Å². The molecule has 0 saturated heterocycles. The summed E-state index contributed by atoms with van der Waals surface area (Å²) in [6.45, 7) is 0. The zero-order chi connectivity index (χ0) is 12.1. The van der Waals surface area contributed by atoms with Crippen LogP contribution in [-0.4, -0.2) is 5.78 Å². The molecule has 1 nitrogen and oxygen atoms in total. The topological polar surface area (TPSA) is 17.1 Å². The van der Waals surface area contributed by atoms with Crippen LogP contribution in [0, 0.1) is 0 Å². The minimum atomic E-state index is 0.330. The predicted molar refractivity (Wildman–Crippen MR) is 71.9 cm³/mol. The van der Waals surface area contributed by atoms with Gasteiger partial charge >= 0.3 is 0 Å². The molecular weight excluding hydrogens is 220 g/mol. The lowest BCUT2D eigenvalue weighted by molar-refractivity contribution is 0.0988. The number of Topliss-reactive ketones (excluding diaryl/α,β-unsaturated/α-hetero) is 1. The van der Waals surface area contributed by atoms with E-state index in [0.29, 0.717) is 18.1 Å². The normalized spacial score (nSPS) is 20.2. The summed E-state index contributed by atoms with van der Waals surface area (Å²) in [7, 11) is 0. The molecule has 0 radical (unpaired) electrons. The van der Waals surface area contributed by atoms with Crippen LogP contribution in [0.15, 0.2) is 42.5 Å². The van der Waals surface area contributed by atoms with Crippen molar-refractivity contribution < 1.29 is 4.79 Å². The molecule has 4 rings (SSSR count). The first kappa shape index (κ1) is 10.1. The molecule has 0 aromatic heterocycles. The number of carbonyl (C=O) groups is 1. The molecule has 2 aromatic carbocycles. The van der Waals surface area contributed by atoms with Crippen LogP contribution in [0.1, 0.15) is 40.2 Å². The average molecular weight is 234 g/mol. The standard InChI is InChI=1S/C17H14O/c18-16-10-12-9-8-11-4-1-2-5-13(11)14-6-3-7-15(16)17(12)14/h1-7,12H,8-10H2. The van der Waals surface area contributed by atoms with E-state index in [1.165, 1.54) is 22.3 Å². The van der Waals surface area contributed by atoms with Gasteiger partial charge in [0.25, 0.3) is 0 Å². The van der Waals surface area contributed by atoms with Crippen molar-refractivity contribution >= 4 is 5.78 Å². The Morgan fingerprint density at radius 3 is 2.61 bits per heavy atom. The van der Waals surface area contributed by atoms with Crippen LogP contribution in [0.4, 0.5) is 0 Å². The van der Waals surface area contributed by atoms with E-state index in [-0.39, 0.29) is 0 Å². The highest BCUT2D eigenvalue weighted by molar-refractivity contribution is 6.03. The van der Waals surface area contributed by atoms with Crippen molar-refractivity contribution in [2.45, 2.75) is 25.2 Å². The van der Waals surface area contributed by atoms with Crippen molar-refractivity contribution in [2.24, 2.45) is 0 Å². The summed E-state index contributed by atoms with van der Waals surface area (Å²) in [5.74, 6) is 0.771. The Bertz CT molecular complexity index is 654. The van der Waals surface area contributed by atoms with Gasteiger partial charge in [-0.3, -0.25) is 4.79 Å². The van der Waals surface area contributed by atoms with Crippen molar-refractivity contribution in [1.82, 2.24) is 0 Å². The Balaban J connectivity index is 2.07. The molecule has 0 heterocycles. The SMILES string of the molecule is O=C1CC2CCc3ccccc3-c3cccc1c32. The zero-order valence-corrected chi connectivity index (χ0v) is 10.1. The van der Waals surface area contributed by atoms with Gasteiger partial charge in [-0.25, -0.2) is 0 Å². The number of hydrogen-bond acceptors (Lipinski definition) is 1. The van der Waals surface area contributed by atoms with Gasteiger partial charge in [0.15, 0.2) is 5.78 Å². The number of rotatable bonds is 0. The van der Waals surface area contributed by atoms with E-state index in [9.17, 15) is 4.79 Å². The summed E-state index contributed by atoms with van der Waals surface area (Å²) in [6.07, 6.45) is 2.90. The van der Waals surface area contributed by atoms with E-state index < -0.39 is 0 Å². The quantitative estimate of drug-likeness (QED) is 0.674. The molecule has 2 aromatic rings. The molecule has 2 aliphatic carbocycles. The van der Waals surface area contributed by atoms with E-state index in [2.05, 4.69) is 30.3 Å². The summed E-state index contributed by atoms with van der Waals surface area (Å²) < 4.78 is 0. The third-order valence-electron chi connectivity index (χ3n) is 4.32. The monoisotopic (exact) mass is 234 g/mol. The van der Waals surface area contributed by atoms with Crippen LogP contribution in [0.5, 0.6) is 0 Å². The number of aryl methyl sites for hydroxylation is 1. The minimum Gasteiger partial charge on any atom is -0.294 e. The molecule has 1 unspecified atom stereocenters. The van der Waals surface area contributed by atoms with E-state index in [1.54, 1.807) is 0 Å². The fourth-order valence-electron chi connectivity index (χ4n) is 3.50. The molecule has 0 N–H and O–H groups in total. The van der Waals surface area contributed by atoms with Gasteiger partial charge in [0.2, 0.25) is 0 Å². The smallest absolute Gasteiger partial charge is 0.163 e. The molecule has 88 valence electrons. The van der Waals surface area contributed by atoms with Crippen LogP contribution in [0.3, 0.4) is 0 Å². The highest BCUT2D eigenvalue weighted by Crippen LogP contribution is 2.45. The number of carbonyl (C=O) groups excluding carboxylic acids is 1. The first-order valence-electron chi connectivity index (χ1n) is 6.59. The van der Waals surface area contributed by atoms with Crippen LogP contribution < -0.4 is 0 Å². The summed E-state index contributed by atoms with van der Waals surface area (Å²) >= 11 is 0. The van der Waals surface area contributed by atoms with Gasteiger partial charge in [-0.05, 0) is 41.0 Å². The Hall–Kier alpha value is -1.89. The van der Waals surface area contributed by atoms with Crippen LogP contribution in [0.2, 0.25) is 0 Å². The Morgan fingerprint density at radius 2 is 1.67 bits per heavy atom. The Kier molecular flexibility index (Phi) is 1.99. The van der Waals surface area contributed by atoms with Gasteiger partial charge in [-0.2, -0.15) is 0 Å². The molecule has 0 spiro atoms. The summed E-state index contributed by atoms with van der Waals surface area (Å²) in [5, 5.41) is 0. The van der Waals surface area contributed by atoms with E-state index in [4.69, 9.17) is 0 Å². The highest BCUT2D eigenvalue weighted by atomic mass is 16.1. The Labute approximate surface area is 106 Å². The van der Waals surface area contributed by atoms with Crippen molar-refractivity contribution in [3.8, 4) is 11.1 Å². The number of fused-ring (bicyclic) bond motifs is 2. The molecule has 0 bridgehead atoms. The molecule has 0 saturated carbocycles. The molecule has 0 amide bonds. The number of ketones is 1. The minimum absolute atomic E-state index is 0.330. The van der Waals surface area contributed by atoms with Gasteiger partial charge in [-0.15, -0.1) is 0 Å². The summed E-state index contributed by atoms with van der Waals surface area (Å²) in [4.78, 5) is 12.0. The lowest BCUT2D eigenvalue weighted by Crippen LogP contribution is -1.95. The predicted octanol–water partition coefficient (Wildman–Crippen LogP) is 3.97. The molecule has 1 atom stereocenters. The van der Waals surface area contributed by atoms with Gasteiger partial charge < -0.3 is 0 Å². The zero-order valence-electron chi connectivity index (χ0n) is 10.1. The van der Waals surface area contributed by atoms with Crippen LogP contribution in [-0.2, 0) is 6.42 Å². The van der Waals surface area contributed by atoms with Gasteiger partial charge in [0.05, 0.1) is 0 Å². The third-order valence-corrected chi connectivity index (χ3v) is 4.32. The molecule has 0 aliphatic heterocycles. The fraction of sp³-hybridized carbons (Fsp3) is 0.235. The maximum absolute atomic E-state index is 12.0. The van der Waals surface area contributed by atoms with Gasteiger partial charge in [0.1, 0.15) is 0 Å². The van der Waals surface area contributed by atoms with Crippen LogP contribution >= 0.6 is 0 Å². The molecular formula is C17H14O. The maximum atomic E-state index is 12.0. The molecule has 1 heteroatoms. The maximum Gasteiger partial charge on any atom is 0.163 e. The molecule has 2 aliphatic rings. The van der Waals surface area contributed by atoms with Crippen molar-refractivity contribution in [3.63, 3.8) is 0 Å². The number of benzene rings is 2. The highest BCUT2D eigenvalue weighted by Gasteiger charge is 2.33. The summed E-state index contributed by atoms with van der Waals surface area (Å²) in [5.41, 5.74) is 6.32. The lowest BCUT2D eigenvalue weighted by Gasteiger charge is -2.11. The van der Waals surface area contributed by atoms with E-state index >= 15 is 0 Å². The van der Waals surface area contributed by atoms with Crippen molar-refractivity contribution in [2.75, 3.05) is 0 Å². The first-order valence-corrected chi connectivity index (χ1v) is 6.59. The lowest BCUT2D eigenvalue weighted by atomic mass is 9.92. The molecule has 18 heavy (non-hydrogen) atoms. The second-order valence-corrected chi connectivity index (χ2v) is 5.29. The summed E-state index contributed by atoms with van der Waals surface area (Å²) in [6, 6.07) is 14.8. The van der Waals surface area contributed by atoms with Crippen LogP contribution in [0.25, 0.3) is 11.1 Å². The average Bonchev–Trinajstić information content (AvgIpc) is 2.64. The Morgan fingerprint density at radius 1 is 0.889 bits per heavy atom. The molecule has 0 fully saturated rings. The second-order valence-electron chi connectivity index (χ2n) is 5.29. The first-order chi connectivity index (χ1) is 8.84. The van der Waals surface area contributed by atoms with Crippen molar-refractivity contribution in [3.05, 3.63) is 59.2 Å². The third kappa shape index (κ3) is 1.25. The largest absolute Gasteiger partial charge is 0.294 e. The van der Waals surface area contributed by atoms with Gasteiger partial charge in [0, 0.05) is 12.0 Å².